The molecule has 16 heavy (non-hydrogen) atoms. The first kappa shape index (κ1) is 9.62. The van der Waals surface area contributed by atoms with Crippen molar-refractivity contribution in [3.8, 4) is 11.6 Å². The van der Waals surface area contributed by atoms with Crippen molar-refractivity contribution in [3.05, 3.63) is 28.0 Å². The van der Waals surface area contributed by atoms with E-state index < -0.39 is 0 Å². The average molecular weight is 252 g/mol. The lowest BCUT2D eigenvalue weighted by molar-refractivity contribution is 0.617. The number of halogens is 1. The molecule has 6 heteroatoms. The van der Waals surface area contributed by atoms with Crippen molar-refractivity contribution in [2.24, 2.45) is 0 Å². The van der Waals surface area contributed by atoms with Crippen LogP contribution in [0, 0.1) is 0 Å². The second kappa shape index (κ2) is 3.47. The third-order valence-corrected chi connectivity index (χ3v) is 3.07. The molecular weight excluding hydrogens is 246 g/mol. The van der Waals surface area contributed by atoms with Crippen LogP contribution in [-0.4, -0.2) is 9.97 Å². The number of nitrogen functional groups attached to an aromatic ring is 1. The highest BCUT2D eigenvalue weighted by molar-refractivity contribution is 7.07. The minimum atomic E-state index is 0.477. The fourth-order valence-electron chi connectivity index (χ4n) is 1.39. The zero-order valence-corrected chi connectivity index (χ0v) is 9.55. The van der Waals surface area contributed by atoms with Gasteiger partial charge in [0.2, 0.25) is 5.89 Å². The number of nitrogens with zero attached hydrogens (tertiary/aromatic N) is 2. The molecule has 3 aromatic rings. The number of anilines is 1. The van der Waals surface area contributed by atoms with E-state index in [9.17, 15) is 0 Å². The molecule has 0 amide bonds. The minimum Gasteiger partial charge on any atom is -0.435 e. The van der Waals surface area contributed by atoms with E-state index in [2.05, 4.69) is 9.97 Å². The van der Waals surface area contributed by atoms with Gasteiger partial charge >= 0.3 is 0 Å². The molecular formula is C10H6ClN3OS. The molecule has 0 radical (unpaired) electrons. The van der Waals surface area contributed by atoms with Crippen LogP contribution >= 0.6 is 22.9 Å². The predicted molar refractivity (Wildman–Crippen MR) is 64.5 cm³/mol. The number of rotatable bonds is 1. The Kier molecular flexibility index (Phi) is 2.08. The van der Waals surface area contributed by atoms with Crippen molar-refractivity contribution in [1.29, 1.82) is 0 Å². The number of benzene rings is 1. The average Bonchev–Trinajstić information content (AvgIpc) is 2.86. The van der Waals surface area contributed by atoms with Gasteiger partial charge in [0.15, 0.2) is 5.58 Å². The molecule has 0 saturated carbocycles. The first-order valence-electron chi connectivity index (χ1n) is 4.48. The summed E-state index contributed by atoms with van der Waals surface area (Å²) in [6, 6.07) is 3.35. The van der Waals surface area contributed by atoms with Crippen molar-refractivity contribution in [2.75, 3.05) is 5.73 Å². The summed E-state index contributed by atoms with van der Waals surface area (Å²) in [6.45, 7) is 0. The molecule has 0 spiro atoms. The Hall–Kier alpha value is -1.59. The molecule has 4 nitrogen and oxygen atoms in total. The summed E-state index contributed by atoms with van der Waals surface area (Å²) in [4.78, 5) is 8.42. The third-order valence-electron chi connectivity index (χ3n) is 2.16. The highest BCUT2D eigenvalue weighted by atomic mass is 35.5. The smallest absolute Gasteiger partial charge is 0.247 e. The molecule has 0 saturated heterocycles. The zero-order chi connectivity index (χ0) is 11.1. The van der Waals surface area contributed by atoms with Crippen molar-refractivity contribution < 1.29 is 4.42 Å². The fourth-order valence-corrected chi connectivity index (χ4v) is 2.08. The lowest BCUT2D eigenvalue weighted by Crippen LogP contribution is -1.84. The van der Waals surface area contributed by atoms with E-state index in [1.54, 1.807) is 17.6 Å². The number of fused-ring (bicyclic) bond motifs is 1. The maximum absolute atomic E-state index is 5.90. The number of oxazole rings is 1. The summed E-state index contributed by atoms with van der Waals surface area (Å²) < 4.78 is 5.54. The number of hydrogen-bond donors (Lipinski definition) is 1. The molecule has 0 aliphatic rings. The monoisotopic (exact) mass is 251 g/mol. The maximum atomic E-state index is 5.90. The van der Waals surface area contributed by atoms with Gasteiger partial charge in [-0.05, 0) is 6.07 Å². The molecule has 0 aliphatic carbocycles. The van der Waals surface area contributed by atoms with Gasteiger partial charge in [-0.15, -0.1) is 11.3 Å². The van der Waals surface area contributed by atoms with Gasteiger partial charge in [0.05, 0.1) is 16.2 Å². The van der Waals surface area contributed by atoms with Crippen LogP contribution in [0.2, 0.25) is 5.02 Å². The second-order valence-electron chi connectivity index (χ2n) is 3.23. The number of hydrogen-bond acceptors (Lipinski definition) is 5. The van der Waals surface area contributed by atoms with Crippen LogP contribution in [0.15, 0.2) is 27.4 Å². The summed E-state index contributed by atoms with van der Waals surface area (Å²) in [5.74, 6) is 0.484. The van der Waals surface area contributed by atoms with Crippen LogP contribution in [0.5, 0.6) is 0 Å². The van der Waals surface area contributed by atoms with Gasteiger partial charge in [0.25, 0.3) is 0 Å². The lowest BCUT2D eigenvalue weighted by Gasteiger charge is -1.94. The minimum absolute atomic E-state index is 0.477. The first-order chi connectivity index (χ1) is 7.74. The summed E-state index contributed by atoms with van der Waals surface area (Å²) in [5, 5.41) is 2.35. The van der Waals surface area contributed by atoms with Crippen molar-refractivity contribution >= 4 is 39.7 Å². The van der Waals surface area contributed by atoms with Crippen molar-refractivity contribution in [3.63, 3.8) is 0 Å². The highest BCUT2D eigenvalue weighted by Crippen LogP contribution is 2.29. The topological polar surface area (TPSA) is 64.9 Å². The summed E-state index contributed by atoms with van der Waals surface area (Å²) in [5.41, 5.74) is 9.91. The quantitative estimate of drug-likeness (QED) is 0.675. The van der Waals surface area contributed by atoms with Crippen LogP contribution in [0.4, 0.5) is 5.69 Å². The molecule has 1 aromatic carbocycles. The summed E-state index contributed by atoms with van der Waals surface area (Å²) in [6.07, 6.45) is 0. The first-order valence-corrected chi connectivity index (χ1v) is 5.80. The molecule has 0 aliphatic heterocycles. The Morgan fingerprint density at radius 2 is 2.25 bits per heavy atom. The molecule has 80 valence electrons. The molecule has 2 heterocycles. The molecule has 2 N–H and O–H groups in total. The molecule has 0 fully saturated rings. The number of nitrogens with two attached hydrogens (primary N) is 1. The third kappa shape index (κ3) is 1.45. The Morgan fingerprint density at radius 3 is 3.00 bits per heavy atom. The van der Waals surface area contributed by atoms with E-state index in [1.807, 2.05) is 5.38 Å². The van der Waals surface area contributed by atoms with E-state index in [4.69, 9.17) is 21.8 Å². The Bertz CT molecular complexity index is 608. The van der Waals surface area contributed by atoms with Crippen LogP contribution in [0.1, 0.15) is 0 Å². The molecule has 3 rings (SSSR count). The summed E-state index contributed by atoms with van der Waals surface area (Å²) in [7, 11) is 0. The predicted octanol–water partition coefficient (Wildman–Crippen LogP) is 3.19. The van der Waals surface area contributed by atoms with Crippen molar-refractivity contribution in [2.45, 2.75) is 0 Å². The zero-order valence-electron chi connectivity index (χ0n) is 7.98. The van der Waals surface area contributed by atoms with Crippen LogP contribution in [-0.2, 0) is 0 Å². The van der Waals surface area contributed by atoms with E-state index in [1.165, 1.54) is 11.3 Å². The molecule has 0 unspecified atom stereocenters. The van der Waals surface area contributed by atoms with Gasteiger partial charge in [0.1, 0.15) is 11.2 Å². The van der Waals surface area contributed by atoms with E-state index >= 15 is 0 Å². The van der Waals surface area contributed by atoms with Gasteiger partial charge in [-0.1, -0.05) is 11.6 Å². The van der Waals surface area contributed by atoms with Gasteiger partial charge < -0.3 is 10.2 Å². The molecule has 0 bridgehead atoms. The fraction of sp³-hybridized carbons (Fsp3) is 0. The van der Waals surface area contributed by atoms with Gasteiger partial charge in [-0.3, -0.25) is 0 Å². The van der Waals surface area contributed by atoms with E-state index in [0.717, 1.165) is 5.69 Å². The van der Waals surface area contributed by atoms with E-state index in [0.29, 0.717) is 27.7 Å². The van der Waals surface area contributed by atoms with Gasteiger partial charge in [-0.25, -0.2) is 9.97 Å². The number of thiazole rings is 1. The summed E-state index contributed by atoms with van der Waals surface area (Å²) >= 11 is 7.39. The van der Waals surface area contributed by atoms with Crippen LogP contribution < -0.4 is 5.73 Å². The lowest BCUT2D eigenvalue weighted by atomic mass is 10.3. The van der Waals surface area contributed by atoms with Gasteiger partial charge in [-0.2, -0.15) is 0 Å². The number of aromatic nitrogens is 2. The largest absolute Gasteiger partial charge is 0.435 e. The second-order valence-corrected chi connectivity index (χ2v) is 4.36. The molecule has 2 aromatic heterocycles. The van der Waals surface area contributed by atoms with Gasteiger partial charge in [0, 0.05) is 11.4 Å². The SMILES string of the molecule is Nc1cc2oc(-c3cscn3)nc2cc1Cl. The standard InChI is InChI=1S/C10H6ClN3OS/c11-5-1-7-9(2-6(5)12)15-10(14-7)8-3-16-4-13-8/h1-4H,12H2. The molecule has 0 atom stereocenters. The van der Waals surface area contributed by atoms with Crippen LogP contribution in [0.3, 0.4) is 0 Å². The normalized spacial score (nSPS) is 11.1. The van der Waals surface area contributed by atoms with Crippen LogP contribution in [0.25, 0.3) is 22.7 Å². The Balaban J connectivity index is 2.23. The Labute approximate surface area is 99.7 Å². The Morgan fingerprint density at radius 1 is 1.38 bits per heavy atom. The van der Waals surface area contributed by atoms with E-state index in [-0.39, 0.29) is 0 Å². The maximum Gasteiger partial charge on any atom is 0.247 e. The highest BCUT2D eigenvalue weighted by Gasteiger charge is 2.11. The van der Waals surface area contributed by atoms with Crippen molar-refractivity contribution in [1.82, 2.24) is 9.97 Å².